The van der Waals surface area contributed by atoms with Gasteiger partial charge in [-0.2, -0.15) is 0 Å². The smallest absolute Gasteiger partial charge is 0.117 e. The van der Waals surface area contributed by atoms with Crippen LogP contribution in [0, 0.1) is 5.41 Å². The molecule has 0 saturated carbocycles. The van der Waals surface area contributed by atoms with E-state index in [1.54, 1.807) is 0 Å². The number of nitrogens with one attached hydrogen (secondary N) is 1. The van der Waals surface area contributed by atoms with Gasteiger partial charge in [0.1, 0.15) is 12.6 Å². The molecule has 17 heavy (non-hydrogen) atoms. The summed E-state index contributed by atoms with van der Waals surface area (Å²) in [6.45, 7) is 15.1. The van der Waals surface area contributed by atoms with Crippen molar-refractivity contribution in [2.45, 2.75) is 52.9 Å². The zero-order valence-electron chi connectivity index (χ0n) is 12.7. The molecule has 0 aromatic carbocycles. The zero-order valence-corrected chi connectivity index (χ0v) is 13.7. The number of nitrogens with zero attached hydrogens (tertiary/aromatic N) is 1. The predicted octanol–water partition coefficient (Wildman–Crippen LogP) is 3.35. The third kappa shape index (κ3) is 7.55. The van der Waals surface area contributed by atoms with E-state index < -0.39 is 8.07 Å². The van der Waals surface area contributed by atoms with Crippen LogP contribution in [-0.4, -0.2) is 34.3 Å². The molecule has 0 unspecified atom stereocenters. The Morgan fingerprint density at radius 1 is 1.29 bits per heavy atom. The zero-order chi connectivity index (χ0) is 13.5. The van der Waals surface area contributed by atoms with Gasteiger partial charge in [-0.3, -0.25) is 4.99 Å². The fourth-order valence-electron chi connectivity index (χ4n) is 1.36. The van der Waals surface area contributed by atoms with E-state index in [9.17, 15) is 0 Å². The van der Waals surface area contributed by atoms with Crippen molar-refractivity contribution in [1.82, 2.24) is 5.32 Å². The van der Waals surface area contributed by atoms with Crippen molar-refractivity contribution in [1.29, 1.82) is 0 Å². The van der Waals surface area contributed by atoms with E-state index in [0.717, 1.165) is 18.9 Å². The molecule has 0 heterocycles. The van der Waals surface area contributed by atoms with Crippen molar-refractivity contribution in [3.63, 3.8) is 0 Å². The van der Waals surface area contributed by atoms with Crippen LogP contribution in [0.4, 0.5) is 0 Å². The number of amidine groups is 1. The fraction of sp³-hybridized carbons (Fsp3) is 0.923. The second-order valence-corrected chi connectivity index (χ2v) is 12.0. The van der Waals surface area contributed by atoms with E-state index >= 15 is 0 Å². The second-order valence-electron chi connectivity index (χ2n) is 6.35. The normalized spacial score (nSPS) is 13.9. The molecule has 0 aromatic rings. The summed E-state index contributed by atoms with van der Waals surface area (Å²) >= 11 is 0. The van der Waals surface area contributed by atoms with Crippen LogP contribution in [0.2, 0.25) is 25.7 Å². The monoisotopic (exact) mass is 258 g/mol. The molecule has 3 nitrogen and oxygen atoms in total. The Balaban J connectivity index is 3.88. The Bertz CT molecular complexity index is 244. The molecule has 0 amide bonds. The molecule has 0 saturated heterocycles. The summed E-state index contributed by atoms with van der Waals surface area (Å²) in [7, 11) is 0.866. The Labute approximate surface area is 108 Å². The molecule has 0 radical (unpaired) electrons. The van der Waals surface area contributed by atoms with Gasteiger partial charge >= 0.3 is 0 Å². The van der Waals surface area contributed by atoms with Gasteiger partial charge in [-0.1, -0.05) is 40.4 Å². The van der Waals surface area contributed by atoms with Crippen LogP contribution in [0.5, 0.6) is 0 Å². The van der Waals surface area contributed by atoms with Crippen molar-refractivity contribution in [3.05, 3.63) is 0 Å². The number of aliphatic imine (C=N–C) groups is 1. The van der Waals surface area contributed by atoms with Gasteiger partial charge < -0.3 is 10.1 Å². The Kier molecular flexibility index (Phi) is 7.01. The largest absolute Gasteiger partial charge is 0.362 e. The lowest BCUT2D eigenvalue weighted by molar-refractivity contribution is 0.139. The van der Waals surface area contributed by atoms with Crippen LogP contribution in [-0.2, 0) is 4.74 Å². The van der Waals surface area contributed by atoms with Crippen LogP contribution < -0.4 is 5.32 Å². The number of ether oxygens (including phenoxy) is 1. The summed E-state index contributed by atoms with van der Waals surface area (Å²) in [5.74, 6) is 1.04. The van der Waals surface area contributed by atoms with Crippen molar-refractivity contribution in [2.75, 3.05) is 20.4 Å². The molecule has 1 N–H and O–H groups in total. The van der Waals surface area contributed by atoms with Crippen LogP contribution in [0.15, 0.2) is 4.99 Å². The summed E-state index contributed by atoms with van der Waals surface area (Å²) < 4.78 is 5.62. The van der Waals surface area contributed by atoms with Crippen molar-refractivity contribution < 1.29 is 4.74 Å². The first-order chi connectivity index (χ1) is 7.73. The molecule has 0 aliphatic carbocycles. The minimum atomic E-state index is -0.969. The first kappa shape index (κ1) is 16.6. The maximum atomic E-state index is 5.62. The first-order valence-electron chi connectivity index (χ1n) is 6.52. The molecule has 0 bridgehead atoms. The number of hydrogen-bond acceptors (Lipinski definition) is 2. The van der Waals surface area contributed by atoms with Crippen LogP contribution in [0.1, 0.15) is 27.2 Å². The van der Waals surface area contributed by atoms with Crippen molar-refractivity contribution in [3.8, 4) is 0 Å². The van der Waals surface area contributed by atoms with E-state index in [-0.39, 0.29) is 5.41 Å². The highest BCUT2D eigenvalue weighted by atomic mass is 28.3. The van der Waals surface area contributed by atoms with Gasteiger partial charge in [-0.15, -0.1) is 0 Å². The van der Waals surface area contributed by atoms with Gasteiger partial charge in [0.25, 0.3) is 0 Å². The average Bonchev–Trinajstić information content (AvgIpc) is 2.21. The van der Waals surface area contributed by atoms with Gasteiger partial charge in [0.05, 0.1) is 0 Å². The Morgan fingerprint density at radius 2 is 1.88 bits per heavy atom. The summed E-state index contributed by atoms with van der Waals surface area (Å²) in [5.41, 5.74) is 0.108. The van der Waals surface area contributed by atoms with Gasteiger partial charge in [0.2, 0.25) is 0 Å². The minimum absolute atomic E-state index is 0.108. The molecule has 0 aliphatic heterocycles. The molecular weight excluding hydrogens is 228 g/mol. The summed E-state index contributed by atoms with van der Waals surface area (Å²) in [6.07, 6.45) is 1.07. The lowest BCUT2D eigenvalue weighted by Crippen LogP contribution is -2.38. The quantitative estimate of drug-likeness (QED) is 0.250. The van der Waals surface area contributed by atoms with Crippen LogP contribution in [0.3, 0.4) is 0 Å². The van der Waals surface area contributed by atoms with Gasteiger partial charge in [-0.05, 0) is 12.5 Å². The molecule has 0 atom stereocenters. The molecule has 4 heteroatoms. The van der Waals surface area contributed by atoms with Gasteiger partial charge in [0, 0.05) is 27.1 Å². The van der Waals surface area contributed by atoms with E-state index in [4.69, 9.17) is 4.74 Å². The third-order valence-corrected chi connectivity index (χ3v) is 4.79. The van der Waals surface area contributed by atoms with Gasteiger partial charge in [0.15, 0.2) is 0 Å². The molecule has 0 spiro atoms. The van der Waals surface area contributed by atoms with E-state index in [1.807, 2.05) is 7.05 Å². The third-order valence-electron chi connectivity index (χ3n) is 3.09. The summed E-state index contributed by atoms with van der Waals surface area (Å²) in [5, 5.41) is 3.29. The van der Waals surface area contributed by atoms with Crippen molar-refractivity contribution >= 4 is 13.9 Å². The van der Waals surface area contributed by atoms with Gasteiger partial charge in [-0.25, -0.2) is 0 Å². The lowest BCUT2D eigenvalue weighted by Gasteiger charge is -2.26. The van der Waals surface area contributed by atoms with Crippen LogP contribution >= 0.6 is 0 Å². The topological polar surface area (TPSA) is 33.6 Å². The maximum absolute atomic E-state index is 5.62. The Morgan fingerprint density at radius 3 is 2.29 bits per heavy atom. The predicted molar refractivity (Wildman–Crippen MR) is 79.5 cm³/mol. The fourth-order valence-corrected chi connectivity index (χ4v) is 2.12. The first-order valence-corrected chi connectivity index (χ1v) is 10.2. The minimum Gasteiger partial charge on any atom is -0.362 e. The molecule has 0 aliphatic rings. The lowest BCUT2D eigenvalue weighted by atomic mass is 9.89. The molecule has 102 valence electrons. The second kappa shape index (κ2) is 7.16. The summed E-state index contributed by atoms with van der Waals surface area (Å²) in [4.78, 5) is 4.31. The average molecular weight is 258 g/mol. The highest BCUT2D eigenvalue weighted by Crippen LogP contribution is 2.20. The SMILES string of the molecule is CCC(C)(C)/C(=N\C)NCOCC[Si](C)(C)C. The Hall–Kier alpha value is -0.353. The molecule has 0 fully saturated rings. The number of rotatable bonds is 7. The van der Waals surface area contributed by atoms with Crippen molar-refractivity contribution in [2.24, 2.45) is 10.4 Å². The van der Waals surface area contributed by atoms with E-state index in [0.29, 0.717) is 6.73 Å². The molecule has 0 rings (SSSR count). The maximum Gasteiger partial charge on any atom is 0.117 e. The standard InChI is InChI=1S/C13H30N2OSi/c1-8-13(2,3)12(14-4)15-11-16-9-10-17(5,6)7/h8-11H2,1-7H3,(H,14,15). The van der Waals surface area contributed by atoms with E-state index in [2.05, 4.69) is 50.7 Å². The van der Waals surface area contributed by atoms with E-state index in [1.165, 1.54) is 6.04 Å². The highest BCUT2D eigenvalue weighted by molar-refractivity contribution is 6.76. The molecule has 0 aromatic heterocycles. The highest BCUT2D eigenvalue weighted by Gasteiger charge is 2.22. The summed E-state index contributed by atoms with van der Waals surface area (Å²) in [6, 6.07) is 1.21. The number of hydrogen-bond donors (Lipinski definition) is 1. The van der Waals surface area contributed by atoms with Crippen LogP contribution in [0.25, 0.3) is 0 Å². The molecular formula is C13H30N2OSi.